The van der Waals surface area contributed by atoms with Crippen molar-refractivity contribution in [2.24, 2.45) is 5.92 Å². The van der Waals surface area contributed by atoms with Crippen molar-refractivity contribution in [1.82, 2.24) is 24.8 Å². The molecule has 3 aromatic heterocycles. The van der Waals surface area contributed by atoms with Gasteiger partial charge < -0.3 is 20.2 Å². The fraction of sp³-hybridized carbons (Fsp3) is 0.571. The number of aryl methyl sites for hydroxylation is 3. The lowest BCUT2D eigenvalue weighted by molar-refractivity contribution is -0.117. The van der Waals surface area contributed by atoms with Gasteiger partial charge in [0.2, 0.25) is 6.41 Å². The second kappa shape index (κ2) is 15.3. The Bertz CT molecular complexity index is 1110. The average Bonchev–Trinajstić information content (AvgIpc) is 3.44. The van der Waals surface area contributed by atoms with Crippen molar-refractivity contribution in [2.45, 2.75) is 66.9 Å². The van der Waals surface area contributed by atoms with Gasteiger partial charge in [0.05, 0.1) is 26.9 Å². The Morgan fingerprint density at radius 1 is 1.16 bits per heavy atom. The Balaban J connectivity index is 0.000000269. The Hall–Kier alpha value is -2.40. The van der Waals surface area contributed by atoms with Crippen LogP contribution in [0.4, 0.5) is 10.9 Å². The zero-order valence-corrected chi connectivity index (χ0v) is 25.7. The molecule has 0 aliphatic carbocycles. The van der Waals surface area contributed by atoms with Gasteiger partial charge in [-0.2, -0.15) is 0 Å². The quantitative estimate of drug-likeness (QED) is 0.251. The first kappa shape index (κ1) is 31.8. The number of rotatable bonds is 13. The maximum absolute atomic E-state index is 10.7. The smallest absolute Gasteiger partial charge is 0.209 e. The second-order valence-electron chi connectivity index (χ2n) is 10.4. The van der Waals surface area contributed by atoms with E-state index in [9.17, 15) is 9.90 Å². The molecule has 0 unspecified atom stereocenters. The molecule has 0 aliphatic rings. The number of hydrogen-bond acceptors (Lipinski definition) is 9. The highest BCUT2D eigenvalue weighted by atomic mass is 32.1. The molecule has 38 heavy (non-hydrogen) atoms. The standard InChI is InChI=1S/C14H14N4S2.C14H30N2O2/c1-8-4-5-12(15-6-8)18-14-17-11(7-19-14)13-9(2)16-10(3)20-13;1-6-8-13(9-15(5)12-17)10-16(7-2)11-14(3,4)18/h4-7H,1-3H3,(H,15,17,18);12-13,18H,6-11H2,1-5H3/t;13-/m.1/s1. The molecule has 10 heteroatoms. The minimum absolute atomic E-state index is 0.479. The first-order chi connectivity index (χ1) is 17.9. The Morgan fingerprint density at radius 3 is 2.42 bits per heavy atom. The number of aliphatic hydroxyl groups is 1. The van der Waals surface area contributed by atoms with Crippen LogP contribution in [0, 0.1) is 26.7 Å². The van der Waals surface area contributed by atoms with Gasteiger partial charge in [-0.3, -0.25) is 4.79 Å². The molecule has 0 aliphatic heterocycles. The van der Waals surface area contributed by atoms with E-state index in [-0.39, 0.29) is 0 Å². The summed E-state index contributed by atoms with van der Waals surface area (Å²) in [6, 6.07) is 3.99. The molecule has 1 amide bonds. The summed E-state index contributed by atoms with van der Waals surface area (Å²) in [4.78, 5) is 29.2. The number of anilines is 2. The Kier molecular flexibility index (Phi) is 12.8. The van der Waals surface area contributed by atoms with Crippen LogP contribution in [0.25, 0.3) is 10.6 Å². The monoisotopic (exact) mass is 560 g/mol. The van der Waals surface area contributed by atoms with Crippen LogP contribution >= 0.6 is 22.7 Å². The van der Waals surface area contributed by atoms with E-state index >= 15 is 0 Å². The molecule has 0 spiro atoms. The van der Waals surface area contributed by atoms with Crippen LogP contribution in [0.2, 0.25) is 0 Å². The summed E-state index contributed by atoms with van der Waals surface area (Å²) in [6.45, 7) is 17.3. The first-order valence-electron chi connectivity index (χ1n) is 13.1. The number of carbonyl (C=O) groups is 1. The summed E-state index contributed by atoms with van der Waals surface area (Å²) in [5, 5.41) is 17.1. The van der Waals surface area contributed by atoms with Gasteiger partial charge in [0, 0.05) is 38.3 Å². The third-order valence-corrected chi connectivity index (χ3v) is 7.64. The molecule has 0 bridgehead atoms. The third-order valence-electron chi connectivity index (χ3n) is 5.78. The van der Waals surface area contributed by atoms with Gasteiger partial charge in [-0.05, 0) is 65.1 Å². The lowest BCUT2D eigenvalue weighted by atomic mass is 10.0. The maximum atomic E-state index is 10.7. The van der Waals surface area contributed by atoms with Crippen LogP contribution in [-0.4, -0.2) is 75.1 Å². The van der Waals surface area contributed by atoms with E-state index in [1.807, 2.05) is 60.0 Å². The van der Waals surface area contributed by atoms with Crippen molar-refractivity contribution in [2.75, 3.05) is 38.5 Å². The van der Waals surface area contributed by atoms with E-state index in [2.05, 4.69) is 44.4 Å². The molecule has 0 aromatic carbocycles. The van der Waals surface area contributed by atoms with Gasteiger partial charge in [0.15, 0.2) is 5.13 Å². The van der Waals surface area contributed by atoms with Crippen molar-refractivity contribution >= 4 is 40.0 Å². The number of carbonyl (C=O) groups excluding carboxylic acids is 1. The number of hydrogen-bond donors (Lipinski definition) is 2. The van der Waals surface area contributed by atoms with Crippen molar-refractivity contribution < 1.29 is 9.90 Å². The predicted molar refractivity (Wildman–Crippen MR) is 160 cm³/mol. The fourth-order valence-electron chi connectivity index (χ4n) is 4.17. The lowest BCUT2D eigenvalue weighted by Crippen LogP contribution is -2.42. The van der Waals surface area contributed by atoms with E-state index in [1.54, 1.807) is 27.6 Å². The molecule has 3 heterocycles. The van der Waals surface area contributed by atoms with Crippen molar-refractivity contribution in [3.05, 3.63) is 40.0 Å². The highest BCUT2D eigenvalue weighted by Gasteiger charge is 2.20. The largest absolute Gasteiger partial charge is 0.389 e. The molecule has 0 fully saturated rings. The highest BCUT2D eigenvalue weighted by Crippen LogP contribution is 2.32. The molecule has 8 nitrogen and oxygen atoms in total. The van der Waals surface area contributed by atoms with Gasteiger partial charge in [0.25, 0.3) is 0 Å². The number of nitrogens with zero attached hydrogens (tertiary/aromatic N) is 5. The molecule has 3 rings (SSSR count). The lowest BCUT2D eigenvalue weighted by Gasteiger charge is -2.32. The van der Waals surface area contributed by atoms with Crippen LogP contribution in [0.1, 0.15) is 56.8 Å². The van der Waals surface area contributed by atoms with Crippen LogP contribution in [0.5, 0.6) is 0 Å². The normalized spacial score (nSPS) is 12.2. The summed E-state index contributed by atoms with van der Waals surface area (Å²) >= 11 is 3.26. The minimum atomic E-state index is -0.663. The van der Waals surface area contributed by atoms with Crippen molar-refractivity contribution in [1.29, 1.82) is 0 Å². The molecular formula is C28H44N6O2S2. The van der Waals surface area contributed by atoms with E-state index in [0.717, 1.165) is 76.7 Å². The topological polar surface area (TPSA) is 94.5 Å². The molecule has 210 valence electrons. The summed E-state index contributed by atoms with van der Waals surface area (Å²) in [7, 11) is 1.82. The van der Waals surface area contributed by atoms with E-state index in [1.165, 1.54) is 0 Å². The Labute approximate surface area is 236 Å². The molecular weight excluding hydrogens is 516 g/mol. The number of amides is 1. The number of nitrogens with one attached hydrogen (secondary N) is 1. The van der Waals surface area contributed by atoms with Crippen molar-refractivity contribution in [3.63, 3.8) is 0 Å². The summed E-state index contributed by atoms with van der Waals surface area (Å²) in [5.74, 6) is 1.29. The van der Waals surface area contributed by atoms with Gasteiger partial charge in [-0.25, -0.2) is 15.0 Å². The third kappa shape index (κ3) is 11.1. The number of pyridine rings is 1. The zero-order valence-electron chi connectivity index (χ0n) is 24.1. The van der Waals surface area contributed by atoms with Crippen molar-refractivity contribution in [3.8, 4) is 10.6 Å². The summed E-state index contributed by atoms with van der Waals surface area (Å²) in [6.07, 6.45) is 4.96. The van der Waals surface area contributed by atoms with E-state index < -0.39 is 5.60 Å². The summed E-state index contributed by atoms with van der Waals surface area (Å²) < 4.78 is 0. The minimum Gasteiger partial charge on any atom is -0.389 e. The Morgan fingerprint density at radius 2 is 1.89 bits per heavy atom. The number of aromatic nitrogens is 3. The van der Waals surface area contributed by atoms with Crippen LogP contribution in [-0.2, 0) is 4.79 Å². The molecule has 0 radical (unpaired) electrons. The van der Waals surface area contributed by atoms with Gasteiger partial charge in [-0.1, -0.05) is 26.3 Å². The van der Waals surface area contributed by atoms with Gasteiger partial charge in [0.1, 0.15) is 5.82 Å². The molecule has 2 N–H and O–H groups in total. The molecule has 3 aromatic rings. The number of likely N-dealkylation sites (N-methyl/N-ethyl adjacent to an activating group) is 1. The van der Waals surface area contributed by atoms with E-state index in [0.29, 0.717) is 12.5 Å². The SMILES string of the molecule is CCC[C@H](CN(C)C=O)CN(CC)CC(C)(C)O.Cc1ccc(Nc2nc(-c3sc(C)nc3C)cs2)nc1. The molecule has 1 atom stereocenters. The summed E-state index contributed by atoms with van der Waals surface area (Å²) in [5.41, 5.74) is 2.50. The highest BCUT2D eigenvalue weighted by molar-refractivity contribution is 7.16. The number of thiazole rings is 2. The zero-order chi connectivity index (χ0) is 28.3. The second-order valence-corrected chi connectivity index (χ2v) is 12.4. The van der Waals surface area contributed by atoms with Crippen LogP contribution < -0.4 is 5.32 Å². The average molecular weight is 561 g/mol. The van der Waals surface area contributed by atoms with Gasteiger partial charge in [-0.15, -0.1) is 22.7 Å². The molecule has 0 saturated heterocycles. The van der Waals surface area contributed by atoms with Crippen LogP contribution in [0.15, 0.2) is 23.7 Å². The maximum Gasteiger partial charge on any atom is 0.209 e. The van der Waals surface area contributed by atoms with E-state index in [4.69, 9.17) is 0 Å². The molecule has 0 saturated carbocycles. The fourth-order valence-corrected chi connectivity index (χ4v) is 5.84. The van der Waals surface area contributed by atoms with Crippen LogP contribution in [0.3, 0.4) is 0 Å². The first-order valence-corrected chi connectivity index (χ1v) is 14.8. The predicted octanol–water partition coefficient (Wildman–Crippen LogP) is 5.91. The van der Waals surface area contributed by atoms with Gasteiger partial charge >= 0.3 is 0 Å².